The third-order valence-corrected chi connectivity index (χ3v) is 5.98. The molecule has 1 heterocycles. The smallest absolute Gasteiger partial charge is 0.0387 e. The Morgan fingerprint density at radius 1 is 0.850 bits per heavy atom. The van der Waals surface area contributed by atoms with Gasteiger partial charge in [0.25, 0.3) is 0 Å². The molecule has 1 heteroatoms. The second-order valence-corrected chi connectivity index (χ2v) is 7.15. The van der Waals surface area contributed by atoms with Gasteiger partial charge in [0.1, 0.15) is 0 Å². The Morgan fingerprint density at radius 3 is 2.55 bits per heavy atom. The number of thiophene rings is 1. The van der Waals surface area contributed by atoms with Gasteiger partial charge in [-0.2, -0.15) is 0 Å². The summed E-state index contributed by atoms with van der Waals surface area (Å²) >= 11 is 1.98. The van der Waals surface area contributed by atoms with E-state index >= 15 is 0 Å². The van der Waals surface area contributed by atoms with Gasteiger partial charge in [-0.05, 0) is 24.0 Å². The Bertz CT molecular complexity index is 732. The molecule has 0 nitrogen and oxygen atoms in total. The Labute approximate surface area is 124 Å². The van der Waals surface area contributed by atoms with Crippen LogP contribution < -0.4 is 0 Å². The van der Waals surface area contributed by atoms with Crippen LogP contribution in [0.3, 0.4) is 0 Å². The van der Waals surface area contributed by atoms with Crippen molar-refractivity contribution in [1.82, 2.24) is 0 Å². The van der Waals surface area contributed by atoms with E-state index in [1.165, 1.54) is 58.7 Å². The van der Waals surface area contributed by atoms with E-state index in [1.807, 2.05) is 11.3 Å². The Kier molecular flexibility index (Phi) is 3.23. The quantitative estimate of drug-likeness (QED) is 0.526. The lowest BCUT2D eigenvalue weighted by Crippen LogP contribution is -2.09. The van der Waals surface area contributed by atoms with Gasteiger partial charge in [-0.3, -0.25) is 0 Å². The third kappa shape index (κ3) is 2.14. The molecule has 0 atom stereocenters. The zero-order valence-corrected chi connectivity index (χ0v) is 12.6. The summed E-state index contributed by atoms with van der Waals surface area (Å²) in [5, 5.41) is 2.89. The second-order valence-electron chi connectivity index (χ2n) is 6.10. The molecule has 0 bridgehead atoms. The van der Waals surface area contributed by atoms with Gasteiger partial charge in [0.15, 0.2) is 0 Å². The highest BCUT2D eigenvalue weighted by atomic mass is 32.1. The summed E-state index contributed by atoms with van der Waals surface area (Å²) in [5.41, 5.74) is 1.58. The highest BCUT2D eigenvalue weighted by molar-refractivity contribution is 7.26. The van der Waals surface area contributed by atoms with Gasteiger partial charge >= 0.3 is 0 Å². The van der Waals surface area contributed by atoms with Crippen LogP contribution in [0.1, 0.15) is 37.7 Å². The zero-order valence-electron chi connectivity index (χ0n) is 11.8. The predicted molar refractivity (Wildman–Crippen MR) is 89.6 cm³/mol. The largest absolute Gasteiger partial charge is 0.135 e. The zero-order chi connectivity index (χ0) is 13.4. The molecule has 0 saturated heterocycles. The van der Waals surface area contributed by atoms with Crippen LogP contribution in [-0.4, -0.2) is 0 Å². The normalized spacial score (nSPS) is 17.0. The van der Waals surface area contributed by atoms with Crippen LogP contribution in [0.2, 0.25) is 0 Å². The van der Waals surface area contributed by atoms with Gasteiger partial charge in [0.2, 0.25) is 0 Å². The van der Waals surface area contributed by atoms with Crippen LogP contribution in [-0.2, 0) is 6.42 Å². The maximum absolute atomic E-state index is 2.35. The molecule has 1 aromatic heterocycles. The third-order valence-electron chi connectivity index (χ3n) is 4.72. The standard InChI is InChI=1S/C19H20S/c1-2-7-14(8-3-1)13-15-9-6-11-17-16-10-4-5-12-18(16)20-19(15)17/h4-6,9-12,14H,1-3,7-8,13H2. The van der Waals surface area contributed by atoms with Crippen LogP contribution in [0, 0.1) is 5.92 Å². The first-order chi connectivity index (χ1) is 9.92. The minimum absolute atomic E-state index is 0.916. The lowest BCUT2D eigenvalue weighted by atomic mass is 9.85. The van der Waals surface area contributed by atoms with Crippen LogP contribution in [0.5, 0.6) is 0 Å². The Balaban J connectivity index is 1.78. The molecular weight excluding hydrogens is 260 g/mol. The fraction of sp³-hybridized carbons (Fsp3) is 0.368. The van der Waals surface area contributed by atoms with Gasteiger partial charge in [-0.15, -0.1) is 11.3 Å². The van der Waals surface area contributed by atoms with Crippen LogP contribution >= 0.6 is 11.3 Å². The molecule has 0 spiro atoms. The van der Waals surface area contributed by atoms with E-state index in [-0.39, 0.29) is 0 Å². The summed E-state index contributed by atoms with van der Waals surface area (Å²) in [6.07, 6.45) is 8.47. The molecule has 20 heavy (non-hydrogen) atoms. The molecule has 0 amide bonds. The topological polar surface area (TPSA) is 0 Å². The van der Waals surface area contributed by atoms with Gasteiger partial charge in [0.05, 0.1) is 0 Å². The average molecular weight is 280 g/mol. The number of rotatable bonds is 2. The maximum atomic E-state index is 2.35. The molecule has 0 radical (unpaired) electrons. The van der Waals surface area contributed by atoms with E-state index in [4.69, 9.17) is 0 Å². The highest BCUT2D eigenvalue weighted by Crippen LogP contribution is 2.37. The SMILES string of the molecule is c1ccc2c(c1)sc1c(CC3CCCCC3)cccc12. The van der Waals surface area contributed by atoms with E-state index in [0.717, 1.165) is 5.92 Å². The van der Waals surface area contributed by atoms with Crippen molar-refractivity contribution in [2.75, 3.05) is 0 Å². The summed E-state index contributed by atoms with van der Waals surface area (Å²) in [6, 6.07) is 15.7. The Hall–Kier alpha value is -1.34. The van der Waals surface area contributed by atoms with Gasteiger partial charge in [-0.25, -0.2) is 0 Å². The summed E-state index contributed by atoms with van der Waals surface area (Å²) in [5.74, 6) is 0.916. The number of fused-ring (bicyclic) bond motifs is 3. The molecule has 1 aliphatic rings. The van der Waals surface area contributed by atoms with Crippen LogP contribution in [0.15, 0.2) is 42.5 Å². The molecule has 0 unspecified atom stereocenters. The Morgan fingerprint density at radius 2 is 1.65 bits per heavy atom. The molecule has 1 aliphatic carbocycles. The van der Waals surface area contributed by atoms with E-state index in [9.17, 15) is 0 Å². The molecule has 1 fully saturated rings. The van der Waals surface area contributed by atoms with Crippen molar-refractivity contribution < 1.29 is 0 Å². The van der Waals surface area contributed by atoms with Crippen molar-refractivity contribution in [2.24, 2.45) is 5.92 Å². The first kappa shape index (κ1) is 12.4. The van der Waals surface area contributed by atoms with E-state index in [0.29, 0.717) is 0 Å². The molecule has 0 N–H and O–H groups in total. The monoisotopic (exact) mass is 280 g/mol. The molecule has 3 aromatic rings. The lowest BCUT2D eigenvalue weighted by Gasteiger charge is -2.21. The maximum Gasteiger partial charge on any atom is 0.0387 e. The molecule has 102 valence electrons. The fourth-order valence-corrected chi connectivity index (χ4v) is 4.89. The molecular formula is C19H20S. The summed E-state index contributed by atoms with van der Waals surface area (Å²) in [7, 11) is 0. The average Bonchev–Trinajstić information content (AvgIpc) is 2.88. The minimum atomic E-state index is 0.916. The van der Waals surface area contributed by atoms with Crippen molar-refractivity contribution in [3.63, 3.8) is 0 Å². The van der Waals surface area contributed by atoms with E-state index in [2.05, 4.69) is 42.5 Å². The van der Waals surface area contributed by atoms with Crippen LogP contribution in [0.4, 0.5) is 0 Å². The van der Waals surface area contributed by atoms with Crippen molar-refractivity contribution in [3.05, 3.63) is 48.0 Å². The van der Waals surface area contributed by atoms with Gasteiger partial charge in [-0.1, -0.05) is 68.5 Å². The van der Waals surface area contributed by atoms with E-state index in [1.54, 1.807) is 5.56 Å². The van der Waals surface area contributed by atoms with Crippen molar-refractivity contribution in [2.45, 2.75) is 38.5 Å². The highest BCUT2D eigenvalue weighted by Gasteiger charge is 2.16. The first-order valence-electron chi connectivity index (χ1n) is 7.81. The number of hydrogen-bond acceptors (Lipinski definition) is 1. The lowest BCUT2D eigenvalue weighted by molar-refractivity contribution is 0.357. The second kappa shape index (κ2) is 5.21. The van der Waals surface area contributed by atoms with Crippen molar-refractivity contribution in [1.29, 1.82) is 0 Å². The first-order valence-corrected chi connectivity index (χ1v) is 8.62. The molecule has 2 aromatic carbocycles. The van der Waals surface area contributed by atoms with Gasteiger partial charge in [0, 0.05) is 20.2 Å². The number of benzene rings is 2. The minimum Gasteiger partial charge on any atom is -0.135 e. The van der Waals surface area contributed by atoms with Crippen LogP contribution in [0.25, 0.3) is 20.2 Å². The summed E-state index contributed by atoms with van der Waals surface area (Å²) in [4.78, 5) is 0. The van der Waals surface area contributed by atoms with E-state index < -0.39 is 0 Å². The van der Waals surface area contributed by atoms with Crippen molar-refractivity contribution in [3.8, 4) is 0 Å². The molecule has 0 aliphatic heterocycles. The van der Waals surface area contributed by atoms with Crippen molar-refractivity contribution >= 4 is 31.5 Å². The van der Waals surface area contributed by atoms with Gasteiger partial charge < -0.3 is 0 Å². The summed E-state index contributed by atoms with van der Waals surface area (Å²) < 4.78 is 2.96. The molecule has 1 saturated carbocycles. The summed E-state index contributed by atoms with van der Waals surface area (Å²) in [6.45, 7) is 0. The molecule has 4 rings (SSSR count). The fourth-order valence-electron chi connectivity index (χ4n) is 3.67. The predicted octanol–water partition coefficient (Wildman–Crippen LogP) is 6.18. The number of hydrogen-bond donors (Lipinski definition) is 0.